The first-order chi connectivity index (χ1) is 9.06. The maximum absolute atomic E-state index is 9.91. The van der Waals surface area contributed by atoms with Gasteiger partial charge in [0.25, 0.3) is 0 Å². The molecular weight excluding hydrogens is 234 g/mol. The van der Waals surface area contributed by atoms with Crippen molar-refractivity contribution >= 4 is 0 Å². The fraction of sp³-hybridized carbons (Fsp3) is 1.00. The Bertz CT molecular complexity index is 270. The highest BCUT2D eigenvalue weighted by molar-refractivity contribution is 4.89. The molecule has 0 bridgehead atoms. The molecular formula is C17H33NO. The molecule has 2 unspecified atom stereocenters. The third kappa shape index (κ3) is 3.72. The number of aliphatic hydroxyl groups is 1. The molecule has 2 atom stereocenters. The first-order valence-corrected chi connectivity index (χ1v) is 8.37. The van der Waals surface area contributed by atoms with E-state index in [1.807, 2.05) is 0 Å². The van der Waals surface area contributed by atoms with Gasteiger partial charge in [0, 0.05) is 24.6 Å². The van der Waals surface area contributed by atoms with E-state index < -0.39 is 0 Å². The van der Waals surface area contributed by atoms with Crippen LogP contribution in [0.1, 0.15) is 65.2 Å². The van der Waals surface area contributed by atoms with Crippen LogP contribution in [0, 0.1) is 17.3 Å². The van der Waals surface area contributed by atoms with Gasteiger partial charge in [0.2, 0.25) is 0 Å². The summed E-state index contributed by atoms with van der Waals surface area (Å²) in [5, 5.41) is 9.91. The summed E-state index contributed by atoms with van der Waals surface area (Å²) in [7, 11) is 2.29. The highest BCUT2D eigenvalue weighted by Crippen LogP contribution is 2.40. The normalized spacial score (nSPS) is 40.6. The van der Waals surface area contributed by atoms with E-state index in [9.17, 15) is 5.11 Å². The van der Waals surface area contributed by atoms with Crippen LogP contribution in [0.15, 0.2) is 0 Å². The highest BCUT2D eigenvalue weighted by Gasteiger charge is 2.37. The van der Waals surface area contributed by atoms with Crippen molar-refractivity contribution in [3.05, 3.63) is 0 Å². The van der Waals surface area contributed by atoms with E-state index in [1.165, 1.54) is 51.4 Å². The quantitative estimate of drug-likeness (QED) is 0.840. The van der Waals surface area contributed by atoms with Gasteiger partial charge in [-0.05, 0) is 44.6 Å². The van der Waals surface area contributed by atoms with Gasteiger partial charge >= 0.3 is 0 Å². The van der Waals surface area contributed by atoms with E-state index in [0.29, 0.717) is 6.61 Å². The Morgan fingerprint density at radius 2 is 1.68 bits per heavy atom. The van der Waals surface area contributed by atoms with Gasteiger partial charge in [-0.1, -0.05) is 39.5 Å². The molecule has 0 radical (unpaired) electrons. The third-order valence-corrected chi connectivity index (χ3v) is 5.89. The average Bonchev–Trinajstić information content (AvgIpc) is 2.42. The minimum absolute atomic E-state index is 0.193. The van der Waals surface area contributed by atoms with E-state index in [-0.39, 0.29) is 5.41 Å². The summed E-state index contributed by atoms with van der Waals surface area (Å²) >= 11 is 0. The smallest absolute Gasteiger partial charge is 0.0499 e. The Labute approximate surface area is 119 Å². The van der Waals surface area contributed by atoms with Crippen LogP contribution in [0.25, 0.3) is 0 Å². The standard InChI is InChI=1S/C17H33NO/c1-14-8-10-17(13-19,11-9-14)12-18(3)16-7-5-4-6-15(16)2/h14-16,19H,4-13H2,1-3H3. The molecule has 1 N–H and O–H groups in total. The van der Waals surface area contributed by atoms with Crippen LogP contribution < -0.4 is 0 Å². The molecule has 0 aliphatic heterocycles. The van der Waals surface area contributed by atoms with Crippen LogP contribution >= 0.6 is 0 Å². The molecule has 0 aromatic heterocycles. The lowest BCUT2D eigenvalue weighted by atomic mass is 9.70. The maximum Gasteiger partial charge on any atom is 0.0499 e. The molecule has 112 valence electrons. The van der Waals surface area contributed by atoms with E-state index >= 15 is 0 Å². The fourth-order valence-electron chi connectivity index (χ4n) is 4.34. The van der Waals surface area contributed by atoms with Crippen molar-refractivity contribution in [2.24, 2.45) is 17.3 Å². The zero-order valence-electron chi connectivity index (χ0n) is 13.2. The molecule has 2 rings (SSSR count). The summed E-state index contributed by atoms with van der Waals surface area (Å²) in [5.41, 5.74) is 0.193. The van der Waals surface area contributed by atoms with Gasteiger partial charge in [0.15, 0.2) is 0 Å². The van der Waals surface area contributed by atoms with Crippen molar-refractivity contribution in [3.8, 4) is 0 Å². The largest absolute Gasteiger partial charge is 0.396 e. The lowest BCUT2D eigenvalue weighted by Crippen LogP contribution is -2.47. The molecule has 2 nitrogen and oxygen atoms in total. The predicted octanol–water partition coefficient (Wildman–Crippen LogP) is 3.69. The van der Waals surface area contributed by atoms with Crippen molar-refractivity contribution < 1.29 is 5.11 Å². The zero-order valence-corrected chi connectivity index (χ0v) is 13.2. The molecule has 0 spiro atoms. The fourth-order valence-corrected chi connectivity index (χ4v) is 4.34. The minimum atomic E-state index is 0.193. The predicted molar refractivity (Wildman–Crippen MR) is 81.2 cm³/mol. The van der Waals surface area contributed by atoms with Crippen LogP contribution in [-0.4, -0.2) is 36.2 Å². The summed E-state index contributed by atoms with van der Waals surface area (Å²) in [4.78, 5) is 2.58. The van der Waals surface area contributed by atoms with Crippen LogP contribution in [0.3, 0.4) is 0 Å². The molecule has 19 heavy (non-hydrogen) atoms. The van der Waals surface area contributed by atoms with Crippen LogP contribution in [0.4, 0.5) is 0 Å². The Hall–Kier alpha value is -0.0800. The molecule has 0 aromatic rings. The van der Waals surface area contributed by atoms with Crippen molar-refractivity contribution in [1.82, 2.24) is 4.90 Å². The van der Waals surface area contributed by atoms with Crippen molar-refractivity contribution in [3.63, 3.8) is 0 Å². The summed E-state index contributed by atoms with van der Waals surface area (Å²) in [6, 6.07) is 0.747. The van der Waals surface area contributed by atoms with Crippen molar-refractivity contribution in [2.45, 2.75) is 71.3 Å². The van der Waals surface area contributed by atoms with Gasteiger partial charge in [-0.2, -0.15) is 0 Å². The van der Waals surface area contributed by atoms with Gasteiger partial charge < -0.3 is 10.0 Å². The average molecular weight is 267 g/mol. The second-order valence-electron chi connectivity index (χ2n) is 7.58. The molecule has 2 heteroatoms. The molecule has 2 aliphatic carbocycles. The Morgan fingerprint density at radius 1 is 1.05 bits per heavy atom. The zero-order chi connectivity index (χ0) is 13.9. The summed E-state index contributed by atoms with van der Waals surface area (Å²) in [6.07, 6.45) is 10.6. The van der Waals surface area contributed by atoms with Crippen molar-refractivity contribution in [1.29, 1.82) is 0 Å². The maximum atomic E-state index is 9.91. The van der Waals surface area contributed by atoms with Gasteiger partial charge in [-0.25, -0.2) is 0 Å². The van der Waals surface area contributed by atoms with Gasteiger partial charge in [0.05, 0.1) is 0 Å². The Balaban J connectivity index is 1.93. The molecule has 0 heterocycles. The number of rotatable bonds is 4. The van der Waals surface area contributed by atoms with Gasteiger partial charge in [-0.15, -0.1) is 0 Å². The van der Waals surface area contributed by atoms with Gasteiger partial charge in [-0.3, -0.25) is 0 Å². The lowest BCUT2D eigenvalue weighted by Gasteiger charge is -2.45. The second kappa shape index (κ2) is 6.58. The SMILES string of the molecule is CC1CCC(CO)(CN(C)C2CCCCC2C)CC1. The summed E-state index contributed by atoms with van der Waals surface area (Å²) < 4.78 is 0. The van der Waals surface area contributed by atoms with Gasteiger partial charge in [0.1, 0.15) is 0 Å². The molecule has 2 aliphatic rings. The summed E-state index contributed by atoms with van der Waals surface area (Å²) in [6.45, 7) is 6.25. The molecule has 0 saturated heterocycles. The van der Waals surface area contributed by atoms with E-state index in [0.717, 1.165) is 24.4 Å². The first-order valence-electron chi connectivity index (χ1n) is 8.37. The Morgan fingerprint density at radius 3 is 2.26 bits per heavy atom. The monoisotopic (exact) mass is 267 g/mol. The van der Waals surface area contributed by atoms with E-state index in [2.05, 4.69) is 25.8 Å². The molecule has 0 aromatic carbocycles. The van der Waals surface area contributed by atoms with Crippen molar-refractivity contribution in [2.75, 3.05) is 20.2 Å². The molecule has 0 amide bonds. The summed E-state index contributed by atoms with van der Waals surface area (Å²) in [5.74, 6) is 1.69. The number of hydrogen-bond acceptors (Lipinski definition) is 2. The highest BCUT2D eigenvalue weighted by atomic mass is 16.3. The van der Waals surface area contributed by atoms with E-state index in [4.69, 9.17) is 0 Å². The molecule has 2 fully saturated rings. The topological polar surface area (TPSA) is 23.5 Å². The van der Waals surface area contributed by atoms with E-state index in [1.54, 1.807) is 0 Å². The first kappa shape index (κ1) is 15.3. The third-order valence-electron chi connectivity index (χ3n) is 5.89. The molecule has 2 saturated carbocycles. The van der Waals surface area contributed by atoms with Crippen LogP contribution in [0.5, 0.6) is 0 Å². The van der Waals surface area contributed by atoms with Crippen LogP contribution in [0.2, 0.25) is 0 Å². The number of aliphatic hydroxyl groups excluding tert-OH is 1. The lowest BCUT2D eigenvalue weighted by molar-refractivity contribution is 0.0106. The number of nitrogens with zero attached hydrogens (tertiary/aromatic N) is 1. The minimum Gasteiger partial charge on any atom is -0.396 e. The van der Waals surface area contributed by atoms with Crippen LogP contribution in [-0.2, 0) is 0 Å². The number of hydrogen-bond donors (Lipinski definition) is 1. The second-order valence-corrected chi connectivity index (χ2v) is 7.58. The Kier molecular flexibility index (Phi) is 5.30.